The fraction of sp³-hybridized carbons (Fsp3) is 0.250. The summed E-state index contributed by atoms with van der Waals surface area (Å²) in [5.74, 6) is 1.75. The number of fused-ring (bicyclic) bond motifs is 2. The predicted octanol–water partition coefficient (Wildman–Crippen LogP) is 9.38. The first-order valence-corrected chi connectivity index (χ1v) is 24.5. The number of aromatic nitrogens is 4. The van der Waals surface area contributed by atoms with Crippen LogP contribution in [0.5, 0.6) is 11.5 Å². The minimum Gasteiger partial charge on any atom is -0.494 e. The molecule has 0 bridgehead atoms. The summed E-state index contributed by atoms with van der Waals surface area (Å²) in [7, 11) is 2.01. The van der Waals surface area contributed by atoms with Gasteiger partial charge in [-0.15, -0.1) is 0 Å². The van der Waals surface area contributed by atoms with Crippen LogP contribution in [0.3, 0.4) is 0 Å². The van der Waals surface area contributed by atoms with E-state index in [1.54, 1.807) is 14.2 Å². The molecule has 0 radical (unpaired) electrons. The van der Waals surface area contributed by atoms with Crippen LogP contribution in [-0.4, -0.2) is 104 Å². The van der Waals surface area contributed by atoms with Crippen LogP contribution in [-0.2, 0) is 0 Å². The summed E-state index contributed by atoms with van der Waals surface area (Å²) in [6.45, 7) is 22.8. The van der Waals surface area contributed by atoms with Crippen molar-refractivity contribution in [3.05, 3.63) is 166 Å². The maximum absolute atomic E-state index is 8.66. The fourth-order valence-corrected chi connectivity index (χ4v) is 9.77. The molecule has 10 rings (SSSR count). The number of hydrogen-bond donors (Lipinski definition) is 2. The van der Waals surface area contributed by atoms with Crippen LogP contribution < -0.4 is 34.5 Å². The third-order valence-corrected chi connectivity index (χ3v) is 13.4. The Kier molecular flexibility index (Phi) is 16.2. The van der Waals surface area contributed by atoms with Crippen molar-refractivity contribution in [1.29, 1.82) is 5.26 Å². The van der Waals surface area contributed by atoms with E-state index < -0.39 is 7.12 Å². The first-order chi connectivity index (χ1) is 34.9. The summed E-state index contributed by atoms with van der Waals surface area (Å²) in [6, 6.07) is 36.6. The van der Waals surface area contributed by atoms with Crippen LogP contribution in [0.2, 0.25) is 0 Å². The van der Waals surface area contributed by atoms with Gasteiger partial charge < -0.3 is 39.1 Å². The highest BCUT2D eigenvalue weighted by molar-refractivity contribution is 9.10. The molecular weight excluding hydrogens is 967 g/mol. The van der Waals surface area contributed by atoms with Crippen molar-refractivity contribution in [2.75, 3.05) is 86.2 Å². The van der Waals surface area contributed by atoms with Gasteiger partial charge in [0.2, 0.25) is 0 Å². The minimum atomic E-state index is -1.46. The predicted molar refractivity (Wildman–Crippen MR) is 293 cm³/mol. The molecular formula is C56H56BBrN10O4. The largest absolute Gasteiger partial charge is 0.494 e. The standard InChI is InChI=1S/C28H27N5O.C21H23BrN4O.C7H6BNO2/c1-19-16-23(17-20(2)31-19)32-12-14-33(15-13-32)26-18-30-27-24(6-5-7-25(27)28(26)34-4)21-8-10-22(29-3)11-9-21;1-14-11-16(12-15(2)24-14)25-7-9-26(10-8-25)19-13-23-20-17(21(19)27-3)5-4-6-18(20)22;9-5-6-1-3-7(4-2-6)8(10)11/h5-11,16-18H,12-15H2,1-2,4H3;4-6,11-13H,7-10H2,1-3H3;1-4,10-11H. The Morgan fingerprint density at radius 2 is 1.06 bits per heavy atom. The van der Waals surface area contributed by atoms with Gasteiger partial charge in [0, 0.05) is 107 Å². The molecule has 4 aromatic carbocycles. The number of nitrogens with zero attached hydrogens (tertiary/aromatic N) is 10. The zero-order chi connectivity index (χ0) is 50.9. The van der Waals surface area contributed by atoms with Gasteiger partial charge in [0.1, 0.15) is 0 Å². The second-order valence-electron chi connectivity index (χ2n) is 17.6. The third kappa shape index (κ3) is 11.5. The molecule has 2 fully saturated rings. The lowest BCUT2D eigenvalue weighted by Gasteiger charge is -2.38. The van der Waals surface area contributed by atoms with E-state index >= 15 is 0 Å². The number of anilines is 4. The zero-order valence-electron chi connectivity index (χ0n) is 41.3. The number of piperazine rings is 2. The van der Waals surface area contributed by atoms with Gasteiger partial charge in [-0.05, 0) is 109 Å². The molecule has 6 heterocycles. The molecule has 0 spiro atoms. The number of methoxy groups -OCH3 is 2. The van der Waals surface area contributed by atoms with Gasteiger partial charge in [0.25, 0.3) is 0 Å². The SMILES string of the molecule is COc1c(N2CCN(c3cc(C)nc(C)c3)CC2)cnc2c(Br)cccc12.N#Cc1ccc(B(O)O)cc1.[C-]#[N+]c1ccc(-c2cccc3c(OC)c(N4CCN(c5cc(C)nc(C)c5)CC4)cnc23)cc1. The van der Waals surface area contributed by atoms with Crippen molar-refractivity contribution in [3.63, 3.8) is 0 Å². The molecule has 2 saturated heterocycles. The molecule has 8 aromatic rings. The normalized spacial score (nSPS) is 13.3. The second-order valence-corrected chi connectivity index (χ2v) is 18.5. The van der Waals surface area contributed by atoms with Crippen LogP contribution in [0.15, 0.2) is 126 Å². The van der Waals surface area contributed by atoms with Crippen molar-refractivity contribution in [2.24, 2.45) is 0 Å². The Hall–Kier alpha value is -7.76. The van der Waals surface area contributed by atoms with Crippen LogP contribution in [0.4, 0.5) is 28.4 Å². The van der Waals surface area contributed by atoms with Crippen molar-refractivity contribution in [2.45, 2.75) is 27.7 Å². The second kappa shape index (κ2) is 23.0. The molecule has 0 unspecified atom stereocenters. The molecule has 0 saturated carbocycles. The maximum Gasteiger partial charge on any atom is 0.488 e. The molecule has 2 aliphatic rings. The van der Waals surface area contributed by atoms with Crippen LogP contribution in [0.1, 0.15) is 28.3 Å². The molecule has 2 aliphatic heterocycles. The van der Waals surface area contributed by atoms with E-state index in [2.05, 4.69) is 112 Å². The number of para-hydroxylation sites is 2. The molecule has 0 atom stereocenters. The van der Waals surface area contributed by atoms with Crippen molar-refractivity contribution in [1.82, 2.24) is 19.9 Å². The van der Waals surface area contributed by atoms with Gasteiger partial charge in [-0.3, -0.25) is 19.9 Å². The Labute approximate surface area is 429 Å². The summed E-state index contributed by atoms with van der Waals surface area (Å²) in [5.41, 5.74) is 14.3. The summed E-state index contributed by atoms with van der Waals surface area (Å²) < 4.78 is 12.7. The maximum atomic E-state index is 8.66. The molecule has 2 N–H and O–H groups in total. The molecule has 0 amide bonds. The highest BCUT2D eigenvalue weighted by Gasteiger charge is 2.25. The van der Waals surface area contributed by atoms with Gasteiger partial charge in [-0.25, -0.2) is 4.85 Å². The number of halogens is 1. The van der Waals surface area contributed by atoms with Gasteiger partial charge >= 0.3 is 7.12 Å². The average molecular weight is 1020 g/mol. The first-order valence-electron chi connectivity index (χ1n) is 23.7. The van der Waals surface area contributed by atoms with Crippen LogP contribution in [0, 0.1) is 45.6 Å². The molecule has 0 aliphatic carbocycles. The van der Waals surface area contributed by atoms with Crippen molar-refractivity contribution < 1.29 is 19.5 Å². The number of pyridine rings is 4. The highest BCUT2D eigenvalue weighted by atomic mass is 79.9. The van der Waals surface area contributed by atoms with E-state index in [9.17, 15) is 0 Å². The molecule has 16 heteroatoms. The van der Waals surface area contributed by atoms with E-state index in [1.807, 2.05) is 74.8 Å². The Morgan fingerprint density at radius 1 is 0.611 bits per heavy atom. The summed E-state index contributed by atoms with van der Waals surface area (Å²) in [4.78, 5) is 31.6. The van der Waals surface area contributed by atoms with Gasteiger partial charge in [0.05, 0.1) is 67.2 Å². The summed E-state index contributed by atoms with van der Waals surface area (Å²) in [5, 5.41) is 27.7. The van der Waals surface area contributed by atoms with E-state index in [-0.39, 0.29) is 0 Å². The Balaban J connectivity index is 0.000000162. The van der Waals surface area contributed by atoms with E-state index in [1.165, 1.54) is 35.6 Å². The van der Waals surface area contributed by atoms with E-state index in [4.69, 9.17) is 36.3 Å². The monoisotopic (exact) mass is 1020 g/mol. The molecule has 4 aromatic heterocycles. The van der Waals surface area contributed by atoms with Crippen LogP contribution >= 0.6 is 15.9 Å². The highest BCUT2D eigenvalue weighted by Crippen LogP contribution is 2.40. The fourth-order valence-electron chi connectivity index (χ4n) is 9.30. The number of ether oxygens (including phenoxy) is 2. The lowest BCUT2D eigenvalue weighted by atomic mass is 9.80. The zero-order valence-corrected chi connectivity index (χ0v) is 42.9. The molecule has 364 valence electrons. The lowest BCUT2D eigenvalue weighted by molar-refractivity contribution is 0.418. The number of rotatable bonds is 8. The number of aryl methyl sites for hydroxylation is 4. The van der Waals surface area contributed by atoms with E-state index in [0.717, 1.165) is 135 Å². The lowest BCUT2D eigenvalue weighted by Crippen LogP contribution is -2.46. The Bertz CT molecular complexity index is 3240. The van der Waals surface area contributed by atoms with Crippen molar-refractivity contribution >= 4 is 78.8 Å². The number of nitriles is 1. The number of hydrogen-bond acceptors (Lipinski definition) is 13. The van der Waals surface area contributed by atoms with Gasteiger partial charge in [-0.1, -0.05) is 54.6 Å². The van der Waals surface area contributed by atoms with Gasteiger partial charge in [0.15, 0.2) is 17.2 Å². The minimum absolute atomic E-state index is 0.393. The molecule has 72 heavy (non-hydrogen) atoms. The number of benzene rings is 4. The smallest absolute Gasteiger partial charge is 0.488 e. The van der Waals surface area contributed by atoms with Crippen molar-refractivity contribution in [3.8, 4) is 28.7 Å². The van der Waals surface area contributed by atoms with E-state index in [0.29, 0.717) is 16.7 Å². The Morgan fingerprint density at radius 3 is 1.50 bits per heavy atom. The van der Waals surface area contributed by atoms with Gasteiger partial charge in [-0.2, -0.15) is 5.26 Å². The average Bonchev–Trinajstić information content (AvgIpc) is 3.40. The topological polar surface area (TPSA) is 152 Å². The third-order valence-electron chi connectivity index (χ3n) is 12.8. The molecule has 14 nitrogen and oxygen atoms in total. The first kappa shape index (κ1) is 50.6. The quantitative estimate of drug-likeness (QED) is 0.110. The summed E-state index contributed by atoms with van der Waals surface area (Å²) >= 11 is 3.58. The summed E-state index contributed by atoms with van der Waals surface area (Å²) in [6.07, 6.45) is 3.87. The van der Waals surface area contributed by atoms with Crippen LogP contribution in [0.25, 0.3) is 37.8 Å².